The SMILES string of the molecule is CC(C)C(NC(=O)C(N)CO)C(=O)NC(CC(N)=O)C(=O)NC(CC(=O)O)C(=O)O. The summed E-state index contributed by atoms with van der Waals surface area (Å²) in [7, 11) is 0. The van der Waals surface area contributed by atoms with Gasteiger partial charge in [0, 0.05) is 0 Å². The third-order valence-electron chi connectivity index (χ3n) is 3.81. The summed E-state index contributed by atoms with van der Waals surface area (Å²) in [5, 5.41) is 33.1. The monoisotopic (exact) mass is 433 g/mol. The third-order valence-corrected chi connectivity index (χ3v) is 3.81. The van der Waals surface area contributed by atoms with Crippen LogP contribution in [0.4, 0.5) is 0 Å². The Balaban J connectivity index is 5.45. The van der Waals surface area contributed by atoms with Crippen LogP contribution < -0.4 is 27.4 Å². The Morgan fingerprint density at radius 2 is 1.37 bits per heavy atom. The van der Waals surface area contributed by atoms with Crippen LogP contribution in [0.3, 0.4) is 0 Å². The van der Waals surface area contributed by atoms with Gasteiger partial charge in [-0.2, -0.15) is 0 Å². The van der Waals surface area contributed by atoms with E-state index in [1.54, 1.807) is 13.8 Å². The highest BCUT2D eigenvalue weighted by molar-refractivity contribution is 5.96. The molecule has 0 aromatic carbocycles. The Bertz CT molecular complexity index is 682. The van der Waals surface area contributed by atoms with E-state index in [0.717, 1.165) is 0 Å². The molecule has 0 fully saturated rings. The Hall–Kier alpha value is -3.26. The topological polar surface area (TPSA) is 251 Å². The van der Waals surface area contributed by atoms with Gasteiger partial charge in [0.15, 0.2) is 0 Å². The molecule has 30 heavy (non-hydrogen) atoms. The van der Waals surface area contributed by atoms with Crippen LogP contribution in [0.5, 0.6) is 0 Å². The number of nitrogens with one attached hydrogen (secondary N) is 3. The predicted octanol–water partition coefficient (Wildman–Crippen LogP) is -4.15. The van der Waals surface area contributed by atoms with E-state index in [9.17, 15) is 28.8 Å². The molecule has 0 aromatic rings. The maximum absolute atomic E-state index is 12.6. The van der Waals surface area contributed by atoms with E-state index in [1.807, 2.05) is 5.32 Å². The second kappa shape index (κ2) is 12.3. The van der Waals surface area contributed by atoms with E-state index in [-0.39, 0.29) is 0 Å². The van der Waals surface area contributed by atoms with Crippen LogP contribution in [0.1, 0.15) is 26.7 Å². The lowest BCUT2D eigenvalue weighted by Gasteiger charge is -2.26. The number of carboxylic acids is 2. The smallest absolute Gasteiger partial charge is 0.326 e. The first-order valence-electron chi connectivity index (χ1n) is 8.80. The van der Waals surface area contributed by atoms with Crippen LogP contribution in [0.25, 0.3) is 0 Å². The summed E-state index contributed by atoms with van der Waals surface area (Å²) < 4.78 is 0. The summed E-state index contributed by atoms with van der Waals surface area (Å²) in [4.78, 5) is 69.9. The van der Waals surface area contributed by atoms with Gasteiger partial charge in [-0.1, -0.05) is 13.8 Å². The van der Waals surface area contributed by atoms with Gasteiger partial charge in [0.2, 0.25) is 23.6 Å². The molecule has 0 rings (SSSR count). The quantitative estimate of drug-likeness (QED) is 0.139. The predicted molar refractivity (Wildman–Crippen MR) is 99.4 cm³/mol. The minimum absolute atomic E-state index is 0.504. The van der Waals surface area contributed by atoms with Gasteiger partial charge in [-0.15, -0.1) is 0 Å². The first-order chi connectivity index (χ1) is 13.8. The molecule has 0 saturated carbocycles. The van der Waals surface area contributed by atoms with Crippen molar-refractivity contribution in [3.8, 4) is 0 Å². The number of carbonyl (C=O) groups is 6. The summed E-state index contributed by atoms with van der Waals surface area (Å²) in [6.07, 6.45) is -1.66. The molecule has 10 N–H and O–H groups in total. The van der Waals surface area contributed by atoms with E-state index in [2.05, 4.69) is 10.6 Å². The zero-order valence-corrected chi connectivity index (χ0v) is 16.5. The molecule has 0 aliphatic carbocycles. The zero-order valence-electron chi connectivity index (χ0n) is 16.5. The second-order valence-corrected chi connectivity index (χ2v) is 6.75. The number of hydrogen-bond donors (Lipinski definition) is 8. The minimum atomic E-state index is -1.81. The molecule has 170 valence electrons. The molecule has 0 spiro atoms. The fourth-order valence-electron chi connectivity index (χ4n) is 2.20. The van der Waals surface area contributed by atoms with Gasteiger partial charge in [-0.25, -0.2) is 4.79 Å². The van der Waals surface area contributed by atoms with Crippen LogP contribution >= 0.6 is 0 Å². The lowest BCUT2D eigenvalue weighted by atomic mass is 10.0. The van der Waals surface area contributed by atoms with E-state index in [0.29, 0.717) is 0 Å². The highest BCUT2D eigenvalue weighted by Gasteiger charge is 2.32. The number of hydrogen-bond acceptors (Lipinski definition) is 8. The number of rotatable bonds is 13. The van der Waals surface area contributed by atoms with E-state index in [4.69, 9.17) is 26.8 Å². The first-order valence-corrected chi connectivity index (χ1v) is 8.80. The number of aliphatic hydroxyl groups excluding tert-OH is 1. The Kier molecular flexibility index (Phi) is 11.0. The Morgan fingerprint density at radius 3 is 1.77 bits per heavy atom. The van der Waals surface area contributed by atoms with Crippen molar-refractivity contribution in [2.24, 2.45) is 17.4 Å². The van der Waals surface area contributed by atoms with Crippen LogP contribution in [0.15, 0.2) is 0 Å². The highest BCUT2D eigenvalue weighted by atomic mass is 16.4. The van der Waals surface area contributed by atoms with Crippen molar-refractivity contribution in [3.63, 3.8) is 0 Å². The number of aliphatic carboxylic acids is 2. The average Bonchev–Trinajstić information content (AvgIpc) is 2.62. The molecule has 0 aliphatic heterocycles. The van der Waals surface area contributed by atoms with Crippen LogP contribution in [0, 0.1) is 5.92 Å². The van der Waals surface area contributed by atoms with Crippen molar-refractivity contribution >= 4 is 35.6 Å². The normalized spacial score (nSPS) is 14.7. The molecule has 0 radical (unpaired) electrons. The fraction of sp³-hybridized carbons (Fsp3) is 0.625. The zero-order chi connectivity index (χ0) is 23.6. The van der Waals surface area contributed by atoms with Crippen LogP contribution in [0.2, 0.25) is 0 Å². The van der Waals surface area contributed by atoms with Gasteiger partial charge >= 0.3 is 11.9 Å². The minimum Gasteiger partial charge on any atom is -0.481 e. The number of amides is 4. The van der Waals surface area contributed by atoms with E-state index < -0.39 is 85.1 Å². The number of carbonyl (C=O) groups excluding carboxylic acids is 4. The average molecular weight is 433 g/mol. The lowest BCUT2D eigenvalue weighted by molar-refractivity contribution is -0.147. The molecule has 4 unspecified atom stereocenters. The van der Waals surface area contributed by atoms with Crippen LogP contribution in [-0.4, -0.2) is 81.7 Å². The van der Waals surface area contributed by atoms with Crippen molar-refractivity contribution in [3.05, 3.63) is 0 Å². The summed E-state index contributed by atoms with van der Waals surface area (Å²) >= 11 is 0. The van der Waals surface area contributed by atoms with Crippen LogP contribution in [-0.2, 0) is 28.8 Å². The number of aliphatic hydroxyl groups is 1. The van der Waals surface area contributed by atoms with Gasteiger partial charge in [0.1, 0.15) is 24.2 Å². The molecule has 4 amide bonds. The third kappa shape index (κ3) is 9.29. The number of nitrogens with two attached hydrogens (primary N) is 2. The van der Waals surface area contributed by atoms with Crippen molar-refractivity contribution in [1.82, 2.24) is 16.0 Å². The molecule has 0 aliphatic rings. The van der Waals surface area contributed by atoms with Gasteiger partial charge < -0.3 is 42.7 Å². The summed E-state index contributed by atoms with van der Waals surface area (Å²) in [6, 6.07) is -5.95. The molecular formula is C16H27N5O9. The standard InChI is InChI=1S/C16H27N5O9/c1-6(2)12(21-13(26)7(17)5-22)15(28)19-8(3-10(18)23)14(27)20-9(16(29)30)4-11(24)25/h6-9,12,22H,3-5,17H2,1-2H3,(H2,18,23)(H,19,28)(H,20,27)(H,21,26)(H,24,25)(H,29,30). The second-order valence-electron chi connectivity index (χ2n) is 6.75. The molecule has 0 heterocycles. The number of carboxylic acid groups (broad SMARTS) is 2. The van der Waals surface area contributed by atoms with E-state index in [1.165, 1.54) is 0 Å². The molecule has 14 heteroatoms. The Morgan fingerprint density at radius 1 is 0.833 bits per heavy atom. The molecule has 0 bridgehead atoms. The van der Waals surface area contributed by atoms with Gasteiger partial charge in [0.25, 0.3) is 0 Å². The van der Waals surface area contributed by atoms with Gasteiger partial charge in [0.05, 0.1) is 19.4 Å². The molecule has 4 atom stereocenters. The van der Waals surface area contributed by atoms with E-state index >= 15 is 0 Å². The molecule has 14 nitrogen and oxygen atoms in total. The molecule has 0 aromatic heterocycles. The van der Waals surface area contributed by atoms with Gasteiger partial charge in [-0.05, 0) is 5.92 Å². The van der Waals surface area contributed by atoms with Crippen molar-refractivity contribution < 1.29 is 44.1 Å². The van der Waals surface area contributed by atoms with Crippen molar-refractivity contribution in [1.29, 1.82) is 0 Å². The maximum atomic E-state index is 12.6. The van der Waals surface area contributed by atoms with Crippen molar-refractivity contribution in [2.75, 3.05) is 6.61 Å². The first kappa shape index (κ1) is 26.7. The molecule has 0 saturated heterocycles. The largest absolute Gasteiger partial charge is 0.481 e. The number of primary amides is 1. The summed E-state index contributed by atoms with van der Waals surface area (Å²) in [5.41, 5.74) is 10.4. The Labute approximate surface area is 171 Å². The summed E-state index contributed by atoms with van der Waals surface area (Å²) in [6.45, 7) is 2.45. The highest BCUT2D eigenvalue weighted by Crippen LogP contribution is 2.05. The fourth-order valence-corrected chi connectivity index (χ4v) is 2.20. The summed E-state index contributed by atoms with van der Waals surface area (Å²) in [5.74, 6) is -7.55. The maximum Gasteiger partial charge on any atom is 0.326 e. The van der Waals surface area contributed by atoms with Crippen molar-refractivity contribution in [2.45, 2.75) is 50.9 Å². The lowest BCUT2D eigenvalue weighted by Crippen LogP contribution is -2.59. The molecular weight excluding hydrogens is 406 g/mol. The van der Waals surface area contributed by atoms with Gasteiger partial charge in [-0.3, -0.25) is 24.0 Å².